The van der Waals surface area contributed by atoms with Gasteiger partial charge in [-0.1, -0.05) is 45.7 Å². The third-order valence-corrected chi connectivity index (χ3v) is 6.00. The van der Waals surface area contributed by atoms with Gasteiger partial charge in [0.05, 0.1) is 15.6 Å². The number of amides is 1. The molecule has 0 atom stereocenters. The number of hydrogen-bond donors (Lipinski definition) is 2. The van der Waals surface area contributed by atoms with Crippen LogP contribution >= 0.6 is 38.9 Å². The second-order valence-electron chi connectivity index (χ2n) is 5.11. The zero-order valence-corrected chi connectivity index (χ0v) is 17.1. The van der Waals surface area contributed by atoms with Crippen molar-refractivity contribution in [2.45, 2.75) is 0 Å². The number of benzene rings is 2. The fourth-order valence-corrected chi connectivity index (χ4v) is 4.52. The Morgan fingerprint density at radius 3 is 2.42 bits per heavy atom. The summed E-state index contributed by atoms with van der Waals surface area (Å²) in [6, 6.07) is 17.0. The molecule has 0 fully saturated rings. The molecule has 1 N–H and O–H groups in total. The van der Waals surface area contributed by atoms with Crippen molar-refractivity contribution in [1.29, 1.82) is 0 Å². The van der Waals surface area contributed by atoms with E-state index in [-0.39, 0.29) is 11.3 Å². The van der Waals surface area contributed by atoms with Crippen LogP contribution in [0, 0.1) is 0 Å². The lowest BCUT2D eigenvalue weighted by Crippen LogP contribution is -2.20. The lowest BCUT2D eigenvalue weighted by atomic mass is 10.1. The largest absolute Gasteiger partial charge is 0.322 e. The van der Waals surface area contributed by atoms with Crippen LogP contribution in [0.3, 0.4) is 0 Å². The Balaban J connectivity index is 2.05. The molecule has 0 aliphatic heterocycles. The van der Waals surface area contributed by atoms with Crippen LogP contribution < -0.4 is 9.62 Å². The number of nitrogens with one attached hydrogen (secondary N) is 1. The van der Waals surface area contributed by atoms with Crippen LogP contribution in [0.1, 0.15) is 10.4 Å². The summed E-state index contributed by atoms with van der Waals surface area (Å²) in [6.07, 6.45) is 0. The topological polar surface area (TPSA) is 66.5 Å². The summed E-state index contributed by atoms with van der Waals surface area (Å²) in [5.74, 6) is -0.419. The zero-order valence-electron chi connectivity index (χ0n) is 13.1. The summed E-state index contributed by atoms with van der Waals surface area (Å²) in [5, 5.41) is 3.18. The van der Waals surface area contributed by atoms with E-state index >= 15 is 0 Å². The molecule has 134 valence electrons. The first-order valence-electron chi connectivity index (χ1n) is 7.31. The van der Waals surface area contributed by atoms with Crippen molar-refractivity contribution in [3.05, 3.63) is 75.0 Å². The van der Waals surface area contributed by atoms with Gasteiger partial charge >= 0.3 is 0 Å². The first-order valence-corrected chi connectivity index (χ1v) is 10.4. The molecule has 0 aliphatic rings. The highest BCUT2D eigenvalue weighted by Crippen LogP contribution is 2.37. The van der Waals surface area contributed by atoms with E-state index in [1.165, 1.54) is 0 Å². The fourth-order valence-electron chi connectivity index (χ4n) is 2.30. The Bertz CT molecular complexity index is 1010. The second-order valence-corrected chi connectivity index (χ2v) is 8.59. The molecule has 0 radical (unpaired) electrons. The standard InChI is InChI=1S/C17H12BrClN2O3S2/c18-11-6-7-14(21(26(23)24)16-9-8-15(19)25-16)13(10-11)17(22)20-12-4-2-1-3-5-12/h1-10,26H,(H,20,22). The second kappa shape index (κ2) is 8.22. The molecule has 26 heavy (non-hydrogen) atoms. The van der Waals surface area contributed by atoms with Crippen LogP contribution in [0.25, 0.3) is 0 Å². The van der Waals surface area contributed by atoms with E-state index in [0.717, 1.165) is 15.6 Å². The van der Waals surface area contributed by atoms with E-state index < -0.39 is 16.8 Å². The molecule has 5 nitrogen and oxygen atoms in total. The van der Waals surface area contributed by atoms with Gasteiger partial charge in [-0.05, 0) is 42.5 Å². The van der Waals surface area contributed by atoms with Gasteiger partial charge in [-0.15, -0.1) is 11.3 Å². The average Bonchev–Trinajstić information content (AvgIpc) is 3.03. The molecule has 9 heteroatoms. The van der Waals surface area contributed by atoms with E-state index in [0.29, 0.717) is 19.5 Å². The maximum Gasteiger partial charge on any atom is 0.257 e. The Hall–Kier alpha value is -1.87. The lowest BCUT2D eigenvalue weighted by Gasteiger charge is -2.19. The molecule has 0 bridgehead atoms. The number of thiophene rings is 1. The summed E-state index contributed by atoms with van der Waals surface area (Å²) in [4.78, 5) is 12.8. The Morgan fingerprint density at radius 1 is 1.08 bits per heavy atom. The van der Waals surface area contributed by atoms with Crippen molar-refractivity contribution in [2.75, 3.05) is 9.62 Å². The molecule has 1 amide bonds. The molecule has 2 aromatic carbocycles. The molecule has 0 spiro atoms. The zero-order chi connectivity index (χ0) is 18.7. The van der Waals surface area contributed by atoms with E-state index in [2.05, 4.69) is 21.2 Å². The molecule has 3 rings (SSSR count). The van der Waals surface area contributed by atoms with Crippen LogP contribution in [0.5, 0.6) is 0 Å². The van der Waals surface area contributed by atoms with E-state index in [4.69, 9.17) is 11.6 Å². The minimum Gasteiger partial charge on any atom is -0.322 e. The molecule has 0 saturated heterocycles. The first-order chi connectivity index (χ1) is 12.5. The minimum atomic E-state index is -3.02. The first kappa shape index (κ1) is 18.9. The molecular formula is C17H12BrClN2O3S2. The summed E-state index contributed by atoms with van der Waals surface area (Å²) in [7, 11) is -3.02. The van der Waals surface area contributed by atoms with E-state index in [1.54, 1.807) is 54.6 Å². The third kappa shape index (κ3) is 4.27. The highest BCUT2D eigenvalue weighted by molar-refractivity contribution is 9.10. The minimum absolute atomic E-state index is 0.215. The predicted molar refractivity (Wildman–Crippen MR) is 110 cm³/mol. The molecule has 0 aliphatic carbocycles. The van der Waals surface area contributed by atoms with Crippen LogP contribution in [0.2, 0.25) is 4.34 Å². The SMILES string of the molecule is O=C(Nc1ccccc1)c1cc(Br)ccc1N(c1ccc(Cl)s1)[SH](=O)=O. The maximum atomic E-state index is 12.8. The summed E-state index contributed by atoms with van der Waals surface area (Å²) in [5.41, 5.74) is 1.07. The summed E-state index contributed by atoms with van der Waals surface area (Å²) < 4.78 is 26.0. The van der Waals surface area contributed by atoms with Gasteiger partial charge in [0.1, 0.15) is 5.00 Å². The number of para-hydroxylation sites is 1. The van der Waals surface area contributed by atoms with Gasteiger partial charge in [0.25, 0.3) is 5.91 Å². The summed E-state index contributed by atoms with van der Waals surface area (Å²) >= 11 is 10.4. The Morgan fingerprint density at radius 2 is 1.81 bits per heavy atom. The van der Waals surface area contributed by atoms with Crippen LogP contribution in [0.15, 0.2) is 65.1 Å². The van der Waals surface area contributed by atoms with Gasteiger partial charge in [-0.25, -0.2) is 12.7 Å². The predicted octanol–water partition coefficient (Wildman–Crippen LogP) is 5.08. The van der Waals surface area contributed by atoms with Gasteiger partial charge in [0, 0.05) is 10.2 Å². The van der Waals surface area contributed by atoms with Gasteiger partial charge in [-0.2, -0.15) is 0 Å². The number of carbonyl (C=O) groups is 1. The van der Waals surface area contributed by atoms with Crippen molar-refractivity contribution < 1.29 is 13.2 Å². The number of rotatable bonds is 5. The van der Waals surface area contributed by atoms with Crippen molar-refractivity contribution >= 4 is 72.0 Å². The van der Waals surface area contributed by atoms with Gasteiger partial charge in [-0.3, -0.25) is 4.79 Å². The molecular weight excluding hydrogens is 460 g/mol. The van der Waals surface area contributed by atoms with Gasteiger partial charge in [0.2, 0.25) is 10.9 Å². The van der Waals surface area contributed by atoms with Crippen molar-refractivity contribution in [1.82, 2.24) is 0 Å². The summed E-state index contributed by atoms with van der Waals surface area (Å²) in [6.45, 7) is 0. The molecule has 3 aromatic rings. The normalized spacial score (nSPS) is 10.7. The van der Waals surface area contributed by atoms with Crippen molar-refractivity contribution in [3.8, 4) is 0 Å². The average molecular weight is 472 g/mol. The van der Waals surface area contributed by atoms with Crippen LogP contribution in [-0.2, 0) is 10.9 Å². The highest BCUT2D eigenvalue weighted by atomic mass is 79.9. The van der Waals surface area contributed by atoms with Crippen LogP contribution in [-0.4, -0.2) is 14.3 Å². The molecule has 0 saturated carbocycles. The fraction of sp³-hybridized carbons (Fsp3) is 0. The number of carbonyl (C=O) groups excluding carboxylic acids is 1. The molecule has 1 aromatic heterocycles. The maximum absolute atomic E-state index is 12.8. The van der Waals surface area contributed by atoms with E-state index in [1.807, 2.05) is 6.07 Å². The van der Waals surface area contributed by atoms with Crippen LogP contribution in [0.4, 0.5) is 16.4 Å². The van der Waals surface area contributed by atoms with Crippen molar-refractivity contribution in [3.63, 3.8) is 0 Å². The van der Waals surface area contributed by atoms with E-state index in [9.17, 15) is 13.2 Å². The number of halogens is 2. The monoisotopic (exact) mass is 470 g/mol. The third-order valence-electron chi connectivity index (χ3n) is 3.39. The number of nitrogens with zero attached hydrogens (tertiary/aromatic N) is 1. The Labute approximate surface area is 169 Å². The lowest BCUT2D eigenvalue weighted by molar-refractivity contribution is 0.102. The van der Waals surface area contributed by atoms with Gasteiger partial charge < -0.3 is 5.32 Å². The Kier molecular flexibility index (Phi) is 5.98. The number of anilines is 3. The smallest absolute Gasteiger partial charge is 0.257 e. The highest BCUT2D eigenvalue weighted by Gasteiger charge is 2.22. The number of thiol groups is 1. The molecule has 1 heterocycles. The van der Waals surface area contributed by atoms with Crippen molar-refractivity contribution in [2.24, 2.45) is 0 Å². The quantitative estimate of drug-likeness (QED) is 0.510. The molecule has 0 unspecified atom stereocenters. The van der Waals surface area contributed by atoms with Gasteiger partial charge in [0.15, 0.2) is 0 Å². The number of hydrogen-bond acceptors (Lipinski definition) is 4.